The van der Waals surface area contributed by atoms with E-state index in [9.17, 15) is 19.2 Å². The average molecular weight is 392 g/mol. The molecule has 0 heterocycles. The minimum Gasteiger partial charge on any atom is -0.449 e. The lowest BCUT2D eigenvalue weighted by molar-refractivity contribution is -0.128. The van der Waals surface area contributed by atoms with Crippen molar-refractivity contribution in [3.8, 4) is 0 Å². The van der Waals surface area contributed by atoms with Gasteiger partial charge in [-0.3, -0.25) is 14.9 Å². The van der Waals surface area contributed by atoms with Gasteiger partial charge in [0.05, 0.1) is 11.3 Å². The van der Waals surface area contributed by atoms with Crippen LogP contribution in [0.5, 0.6) is 0 Å². The molecule has 8 heteroatoms. The summed E-state index contributed by atoms with van der Waals surface area (Å²) < 4.78 is 5.19. The molecule has 0 radical (unpaired) electrons. The standard InChI is InChI=1S/C19H24N2O5S/c1-12(22)11-27-16-10-6-5-9-15(16)18(24)26-13(2)17(23)21-19(25)20-14-7-3-4-8-14/h5-6,9-10,13-14H,3-4,7-8,11H2,1-2H3,(H2,20,21,23,25)/t13-/m0/s1. The van der Waals surface area contributed by atoms with E-state index in [0.717, 1.165) is 25.7 Å². The predicted octanol–water partition coefficient (Wildman–Crippen LogP) is 2.68. The molecule has 2 N–H and O–H groups in total. The Hall–Kier alpha value is -2.35. The highest BCUT2D eigenvalue weighted by Crippen LogP contribution is 2.23. The maximum atomic E-state index is 12.4. The Kier molecular flexibility index (Phi) is 7.84. The number of ether oxygens (including phenoxy) is 1. The van der Waals surface area contributed by atoms with Crippen LogP contribution in [0.1, 0.15) is 49.9 Å². The van der Waals surface area contributed by atoms with Crippen molar-refractivity contribution in [2.75, 3.05) is 5.75 Å². The fraction of sp³-hybridized carbons (Fsp3) is 0.474. The number of Topliss-reactive ketones (excluding diaryl/α,β-unsaturated/α-hetero) is 1. The summed E-state index contributed by atoms with van der Waals surface area (Å²) in [5.41, 5.74) is 0.277. The number of amides is 3. The van der Waals surface area contributed by atoms with Gasteiger partial charge in [-0.15, -0.1) is 11.8 Å². The third-order valence-corrected chi connectivity index (χ3v) is 5.34. The zero-order chi connectivity index (χ0) is 19.8. The van der Waals surface area contributed by atoms with Gasteiger partial charge in [-0.05, 0) is 38.8 Å². The third kappa shape index (κ3) is 6.71. The summed E-state index contributed by atoms with van der Waals surface area (Å²) in [6.45, 7) is 2.87. The van der Waals surface area contributed by atoms with Crippen LogP contribution >= 0.6 is 11.8 Å². The first-order chi connectivity index (χ1) is 12.9. The molecule has 1 aromatic rings. The first-order valence-electron chi connectivity index (χ1n) is 8.90. The number of urea groups is 1. The van der Waals surface area contributed by atoms with E-state index in [-0.39, 0.29) is 23.1 Å². The van der Waals surface area contributed by atoms with Gasteiger partial charge in [0, 0.05) is 10.9 Å². The van der Waals surface area contributed by atoms with E-state index in [0.29, 0.717) is 4.90 Å². The topological polar surface area (TPSA) is 102 Å². The van der Waals surface area contributed by atoms with Crippen molar-refractivity contribution in [1.82, 2.24) is 10.6 Å². The molecule has 0 saturated heterocycles. The minimum atomic E-state index is -1.13. The van der Waals surface area contributed by atoms with Crippen LogP contribution in [0.25, 0.3) is 0 Å². The minimum absolute atomic E-state index is 0.0100. The van der Waals surface area contributed by atoms with Crippen LogP contribution in [0, 0.1) is 0 Å². The smallest absolute Gasteiger partial charge is 0.340 e. The Morgan fingerprint density at radius 2 is 1.85 bits per heavy atom. The lowest BCUT2D eigenvalue weighted by Crippen LogP contribution is -2.47. The zero-order valence-corrected chi connectivity index (χ0v) is 16.3. The first-order valence-corrected chi connectivity index (χ1v) is 9.89. The molecular formula is C19H24N2O5S. The zero-order valence-electron chi connectivity index (χ0n) is 15.4. The summed E-state index contributed by atoms with van der Waals surface area (Å²) in [7, 11) is 0. The van der Waals surface area contributed by atoms with Gasteiger partial charge >= 0.3 is 12.0 Å². The SMILES string of the molecule is CC(=O)CSc1ccccc1C(=O)O[C@@H](C)C(=O)NC(=O)NC1CCCC1. The maximum Gasteiger partial charge on any atom is 0.340 e. The number of hydrogen-bond acceptors (Lipinski definition) is 6. The lowest BCUT2D eigenvalue weighted by atomic mass is 10.2. The van der Waals surface area contributed by atoms with Crippen molar-refractivity contribution in [1.29, 1.82) is 0 Å². The summed E-state index contributed by atoms with van der Waals surface area (Å²) in [5, 5.41) is 4.94. The van der Waals surface area contributed by atoms with E-state index in [1.807, 2.05) is 0 Å². The number of carbonyl (C=O) groups is 4. The second-order valence-corrected chi connectivity index (χ2v) is 7.50. The molecule has 0 bridgehead atoms. The number of thioether (sulfide) groups is 1. The Labute approximate surface area is 162 Å². The Morgan fingerprint density at radius 1 is 1.19 bits per heavy atom. The van der Waals surface area contributed by atoms with Crippen LogP contribution in [-0.2, 0) is 14.3 Å². The molecule has 146 valence electrons. The van der Waals surface area contributed by atoms with Crippen LogP contribution in [0.2, 0.25) is 0 Å². The van der Waals surface area contributed by atoms with E-state index >= 15 is 0 Å². The summed E-state index contributed by atoms with van der Waals surface area (Å²) >= 11 is 1.23. The highest BCUT2D eigenvalue weighted by Gasteiger charge is 2.24. The number of carbonyl (C=O) groups excluding carboxylic acids is 4. The molecular weight excluding hydrogens is 368 g/mol. The molecule has 1 aliphatic carbocycles. The molecule has 27 heavy (non-hydrogen) atoms. The van der Waals surface area contributed by atoms with Crippen molar-refractivity contribution >= 4 is 35.5 Å². The maximum absolute atomic E-state index is 12.4. The van der Waals surface area contributed by atoms with Crippen LogP contribution in [0.3, 0.4) is 0 Å². The van der Waals surface area contributed by atoms with Crippen molar-refractivity contribution in [2.45, 2.75) is 56.6 Å². The molecule has 0 spiro atoms. The molecule has 1 fully saturated rings. The quantitative estimate of drug-likeness (QED) is 0.546. The van der Waals surface area contributed by atoms with E-state index < -0.39 is 24.0 Å². The number of rotatable bonds is 7. The van der Waals surface area contributed by atoms with Crippen LogP contribution < -0.4 is 10.6 Å². The van der Waals surface area contributed by atoms with Crippen LogP contribution in [-0.4, -0.2) is 41.6 Å². The van der Waals surface area contributed by atoms with E-state index in [2.05, 4.69) is 10.6 Å². The van der Waals surface area contributed by atoms with E-state index in [4.69, 9.17) is 4.74 Å². The molecule has 0 aromatic heterocycles. The van der Waals surface area contributed by atoms with Gasteiger partial charge in [0.1, 0.15) is 5.78 Å². The fourth-order valence-electron chi connectivity index (χ4n) is 2.72. The number of nitrogens with one attached hydrogen (secondary N) is 2. The molecule has 1 atom stereocenters. The monoisotopic (exact) mass is 392 g/mol. The Bertz CT molecular complexity index is 716. The number of hydrogen-bond donors (Lipinski definition) is 2. The van der Waals surface area contributed by atoms with Gasteiger partial charge in [-0.25, -0.2) is 9.59 Å². The molecule has 1 saturated carbocycles. The average Bonchev–Trinajstić information content (AvgIpc) is 3.12. The molecule has 1 aliphatic rings. The summed E-state index contributed by atoms with van der Waals surface area (Å²) in [6.07, 6.45) is 2.81. The summed E-state index contributed by atoms with van der Waals surface area (Å²) in [6, 6.07) is 6.22. The highest BCUT2D eigenvalue weighted by molar-refractivity contribution is 8.00. The number of imide groups is 1. The van der Waals surface area contributed by atoms with Gasteiger partial charge < -0.3 is 10.1 Å². The Balaban J connectivity index is 1.89. The first kappa shape index (κ1) is 21.0. The number of benzene rings is 1. The van der Waals surface area contributed by atoms with Crippen molar-refractivity contribution in [2.24, 2.45) is 0 Å². The molecule has 0 unspecified atom stereocenters. The highest BCUT2D eigenvalue weighted by atomic mass is 32.2. The molecule has 7 nitrogen and oxygen atoms in total. The molecule has 2 rings (SSSR count). The normalized spacial score (nSPS) is 15.0. The second-order valence-electron chi connectivity index (χ2n) is 6.48. The Morgan fingerprint density at radius 3 is 2.52 bits per heavy atom. The van der Waals surface area contributed by atoms with E-state index in [1.165, 1.54) is 25.6 Å². The predicted molar refractivity (Wildman–Crippen MR) is 102 cm³/mol. The van der Waals surface area contributed by atoms with Gasteiger partial charge in [0.2, 0.25) is 0 Å². The summed E-state index contributed by atoms with van der Waals surface area (Å²) in [4.78, 5) is 48.1. The van der Waals surface area contributed by atoms with Crippen molar-refractivity contribution in [3.63, 3.8) is 0 Å². The van der Waals surface area contributed by atoms with Crippen LogP contribution in [0.15, 0.2) is 29.2 Å². The van der Waals surface area contributed by atoms with Gasteiger partial charge in [-0.1, -0.05) is 25.0 Å². The molecule has 3 amide bonds. The lowest BCUT2D eigenvalue weighted by Gasteiger charge is -2.16. The summed E-state index contributed by atoms with van der Waals surface area (Å²) in [5.74, 6) is -1.14. The van der Waals surface area contributed by atoms with Crippen LogP contribution in [0.4, 0.5) is 4.79 Å². The van der Waals surface area contributed by atoms with Gasteiger partial charge in [-0.2, -0.15) is 0 Å². The molecule has 1 aromatic carbocycles. The number of ketones is 1. The van der Waals surface area contributed by atoms with Gasteiger partial charge in [0.15, 0.2) is 6.10 Å². The second kappa shape index (κ2) is 10.1. The fourth-order valence-corrected chi connectivity index (χ4v) is 3.56. The molecule has 0 aliphatic heterocycles. The number of esters is 1. The van der Waals surface area contributed by atoms with Crippen molar-refractivity contribution < 1.29 is 23.9 Å². The van der Waals surface area contributed by atoms with E-state index in [1.54, 1.807) is 24.3 Å². The largest absolute Gasteiger partial charge is 0.449 e. The third-order valence-electron chi connectivity index (χ3n) is 4.12. The van der Waals surface area contributed by atoms with Crippen molar-refractivity contribution in [3.05, 3.63) is 29.8 Å². The van der Waals surface area contributed by atoms with Gasteiger partial charge in [0.25, 0.3) is 5.91 Å².